The Morgan fingerprint density at radius 1 is 1.14 bits per heavy atom. The average molecular weight is 381 g/mol. The van der Waals surface area contributed by atoms with Gasteiger partial charge in [0.25, 0.3) is 5.91 Å². The molecule has 7 heteroatoms. The van der Waals surface area contributed by atoms with Gasteiger partial charge >= 0.3 is 0 Å². The number of ether oxygens (including phenoxy) is 2. The topological polar surface area (TPSA) is 80.9 Å². The van der Waals surface area contributed by atoms with Crippen LogP contribution in [-0.4, -0.2) is 61.7 Å². The molecule has 1 radical (unpaired) electrons. The number of piperazine rings is 1. The number of hydrogen-bond acceptors (Lipinski definition) is 6. The fraction of sp³-hybridized carbons (Fsp3) is 0.381. The van der Waals surface area contributed by atoms with E-state index >= 15 is 0 Å². The summed E-state index contributed by atoms with van der Waals surface area (Å²) in [7, 11) is 0. The zero-order valence-electron chi connectivity index (χ0n) is 15.8. The minimum Gasteiger partial charge on any atom is -0.486 e. The van der Waals surface area contributed by atoms with Crippen molar-refractivity contribution in [3.8, 4) is 11.5 Å². The van der Waals surface area contributed by atoms with Crippen LogP contribution in [0.25, 0.3) is 0 Å². The first kappa shape index (κ1) is 18.6. The third-order valence-corrected chi connectivity index (χ3v) is 5.10. The van der Waals surface area contributed by atoms with E-state index in [1.807, 2.05) is 18.2 Å². The lowest BCUT2D eigenvalue weighted by molar-refractivity contribution is 0.0995. The van der Waals surface area contributed by atoms with Crippen molar-refractivity contribution in [3.05, 3.63) is 54.2 Å². The van der Waals surface area contributed by atoms with Crippen LogP contribution in [0, 0.1) is 6.42 Å². The van der Waals surface area contributed by atoms with Crippen LogP contribution in [0.4, 0.5) is 5.69 Å². The minimum absolute atomic E-state index is 0.317. The molecule has 1 aromatic carbocycles. The van der Waals surface area contributed by atoms with Crippen LogP contribution in [0.1, 0.15) is 16.1 Å². The first-order chi connectivity index (χ1) is 13.7. The largest absolute Gasteiger partial charge is 0.486 e. The zero-order chi connectivity index (χ0) is 19.3. The molecule has 3 heterocycles. The standard InChI is InChI=1S/C21H25N4O3/c22-21(26)17-15-16(6-7-23-17)3-2-8-24-9-11-25(12-10-24)18-4-1-5-19-20(18)28-14-13-27-19/h1-2,4-7,15H,3,8-14H2,(H2,22,26). The highest BCUT2D eigenvalue weighted by Gasteiger charge is 2.23. The number of pyridine rings is 1. The molecule has 0 bridgehead atoms. The molecule has 2 aromatic rings. The zero-order valence-corrected chi connectivity index (χ0v) is 15.8. The summed E-state index contributed by atoms with van der Waals surface area (Å²) < 4.78 is 11.5. The van der Waals surface area contributed by atoms with Crippen molar-refractivity contribution < 1.29 is 14.3 Å². The molecule has 0 aliphatic carbocycles. The molecule has 0 spiro atoms. The number of carbonyl (C=O) groups excluding carboxylic acids is 1. The molecule has 1 aromatic heterocycles. The van der Waals surface area contributed by atoms with Crippen LogP contribution in [-0.2, 0) is 6.42 Å². The van der Waals surface area contributed by atoms with E-state index < -0.39 is 5.91 Å². The van der Waals surface area contributed by atoms with Crippen molar-refractivity contribution in [2.45, 2.75) is 6.42 Å². The number of nitrogens with zero attached hydrogens (tertiary/aromatic N) is 3. The molecule has 2 N–H and O–H groups in total. The van der Waals surface area contributed by atoms with Gasteiger partial charge in [0.1, 0.15) is 18.9 Å². The van der Waals surface area contributed by atoms with Gasteiger partial charge in [-0.1, -0.05) is 6.07 Å². The smallest absolute Gasteiger partial charge is 0.267 e. The Labute approximate surface area is 165 Å². The van der Waals surface area contributed by atoms with E-state index in [4.69, 9.17) is 15.2 Å². The number of hydrogen-bond donors (Lipinski definition) is 1. The van der Waals surface area contributed by atoms with Crippen molar-refractivity contribution in [1.82, 2.24) is 9.88 Å². The van der Waals surface area contributed by atoms with Crippen molar-refractivity contribution in [2.75, 3.05) is 50.8 Å². The van der Waals surface area contributed by atoms with Gasteiger partial charge in [-0.2, -0.15) is 0 Å². The molecule has 1 saturated heterocycles. The Hall–Kier alpha value is -2.80. The fourth-order valence-corrected chi connectivity index (χ4v) is 3.63. The number of benzene rings is 1. The Morgan fingerprint density at radius 2 is 1.96 bits per heavy atom. The number of anilines is 1. The number of nitrogens with two attached hydrogens (primary N) is 1. The van der Waals surface area contributed by atoms with E-state index in [9.17, 15) is 4.79 Å². The van der Waals surface area contributed by atoms with Crippen molar-refractivity contribution in [3.63, 3.8) is 0 Å². The van der Waals surface area contributed by atoms with E-state index in [1.54, 1.807) is 12.3 Å². The SMILES string of the molecule is NC(=O)c1cc(C[CH]CN2CCN(c3cccc4c3OCCO4)CC2)ccn1. The summed E-state index contributed by atoms with van der Waals surface area (Å²) >= 11 is 0. The molecule has 1 fully saturated rings. The summed E-state index contributed by atoms with van der Waals surface area (Å²) in [5.41, 5.74) is 7.78. The van der Waals surface area contributed by atoms with Crippen LogP contribution in [0.15, 0.2) is 36.5 Å². The third kappa shape index (κ3) is 4.20. The maximum Gasteiger partial charge on any atom is 0.267 e. The second kappa shape index (κ2) is 8.48. The van der Waals surface area contributed by atoms with Gasteiger partial charge in [-0.25, -0.2) is 0 Å². The molecule has 0 saturated carbocycles. The average Bonchev–Trinajstić information content (AvgIpc) is 2.74. The second-order valence-corrected chi connectivity index (χ2v) is 7.00. The highest BCUT2D eigenvalue weighted by molar-refractivity contribution is 5.90. The van der Waals surface area contributed by atoms with E-state index in [0.29, 0.717) is 18.9 Å². The highest BCUT2D eigenvalue weighted by atomic mass is 16.6. The van der Waals surface area contributed by atoms with Gasteiger partial charge in [0.15, 0.2) is 11.5 Å². The summed E-state index contributed by atoms with van der Waals surface area (Å²) in [5, 5.41) is 0. The highest BCUT2D eigenvalue weighted by Crippen LogP contribution is 2.39. The molecular formula is C21H25N4O3. The second-order valence-electron chi connectivity index (χ2n) is 7.00. The van der Waals surface area contributed by atoms with Gasteiger partial charge in [0.05, 0.1) is 5.69 Å². The van der Waals surface area contributed by atoms with E-state index in [-0.39, 0.29) is 0 Å². The summed E-state index contributed by atoms with van der Waals surface area (Å²) in [6.45, 7) is 6.01. The maximum absolute atomic E-state index is 11.2. The summed E-state index contributed by atoms with van der Waals surface area (Å²) in [6.07, 6.45) is 4.66. The van der Waals surface area contributed by atoms with Gasteiger partial charge in [-0.05, 0) is 42.7 Å². The Balaban J connectivity index is 1.27. The quantitative estimate of drug-likeness (QED) is 0.817. The molecule has 2 aliphatic heterocycles. The number of carbonyl (C=O) groups is 1. The van der Waals surface area contributed by atoms with Gasteiger partial charge in [0, 0.05) is 38.9 Å². The lowest BCUT2D eigenvalue weighted by Gasteiger charge is -2.37. The van der Waals surface area contributed by atoms with Crippen LogP contribution < -0.4 is 20.1 Å². The number of primary amides is 1. The van der Waals surface area contributed by atoms with Crippen LogP contribution in [0.5, 0.6) is 11.5 Å². The van der Waals surface area contributed by atoms with Crippen LogP contribution >= 0.6 is 0 Å². The lowest BCUT2D eigenvalue weighted by atomic mass is 10.1. The Bertz CT molecular complexity index is 834. The first-order valence-electron chi connectivity index (χ1n) is 9.63. The van der Waals surface area contributed by atoms with E-state index in [0.717, 1.165) is 61.9 Å². The first-order valence-corrected chi connectivity index (χ1v) is 9.63. The number of para-hydroxylation sites is 1. The molecule has 147 valence electrons. The normalized spacial score (nSPS) is 16.8. The third-order valence-electron chi connectivity index (χ3n) is 5.10. The molecular weight excluding hydrogens is 356 g/mol. The lowest BCUT2D eigenvalue weighted by Crippen LogP contribution is -2.47. The van der Waals surface area contributed by atoms with Crippen molar-refractivity contribution >= 4 is 11.6 Å². The molecule has 4 rings (SSSR count). The molecule has 0 unspecified atom stereocenters. The van der Waals surface area contributed by atoms with Crippen LogP contribution in [0.3, 0.4) is 0 Å². The Morgan fingerprint density at radius 3 is 2.79 bits per heavy atom. The fourth-order valence-electron chi connectivity index (χ4n) is 3.63. The van der Waals surface area contributed by atoms with E-state index in [1.165, 1.54) is 0 Å². The van der Waals surface area contributed by atoms with Gasteiger partial charge in [0.2, 0.25) is 0 Å². The molecule has 28 heavy (non-hydrogen) atoms. The van der Waals surface area contributed by atoms with Crippen LogP contribution in [0.2, 0.25) is 0 Å². The van der Waals surface area contributed by atoms with E-state index in [2.05, 4.69) is 27.3 Å². The molecule has 2 aliphatic rings. The van der Waals surface area contributed by atoms with Gasteiger partial charge in [-0.3, -0.25) is 14.7 Å². The predicted molar refractivity (Wildman–Crippen MR) is 107 cm³/mol. The van der Waals surface area contributed by atoms with Crippen molar-refractivity contribution in [2.24, 2.45) is 5.73 Å². The molecule has 7 nitrogen and oxygen atoms in total. The number of aromatic nitrogens is 1. The van der Waals surface area contributed by atoms with Gasteiger partial charge < -0.3 is 20.1 Å². The monoisotopic (exact) mass is 381 g/mol. The number of amides is 1. The molecule has 0 atom stereocenters. The van der Waals surface area contributed by atoms with Gasteiger partial charge in [-0.15, -0.1) is 0 Å². The Kier molecular flexibility index (Phi) is 5.62. The number of fused-ring (bicyclic) bond motifs is 1. The summed E-state index contributed by atoms with van der Waals surface area (Å²) in [6, 6.07) is 9.78. The maximum atomic E-state index is 11.2. The predicted octanol–water partition coefficient (Wildman–Crippen LogP) is 1.52. The summed E-state index contributed by atoms with van der Waals surface area (Å²) in [4.78, 5) is 20.0. The van der Waals surface area contributed by atoms with Crippen molar-refractivity contribution in [1.29, 1.82) is 0 Å². The summed E-state index contributed by atoms with van der Waals surface area (Å²) in [5.74, 6) is 1.22. The minimum atomic E-state index is -0.490. The number of rotatable bonds is 6. The molecule has 1 amide bonds.